The van der Waals surface area contributed by atoms with Crippen molar-refractivity contribution in [3.63, 3.8) is 0 Å². The van der Waals surface area contributed by atoms with Crippen molar-refractivity contribution in [1.29, 1.82) is 0 Å². The van der Waals surface area contributed by atoms with E-state index in [0.29, 0.717) is 11.8 Å². The Morgan fingerprint density at radius 3 is 2.47 bits per heavy atom. The second-order valence-corrected chi connectivity index (χ2v) is 6.36. The largest absolute Gasteiger partial charge is 0.333 e. The molecule has 0 aliphatic heterocycles. The minimum atomic E-state index is 0.152. The lowest BCUT2D eigenvalue weighted by Gasteiger charge is -2.22. The summed E-state index contributed by atoms with van der Waals surface area (Å²) in [6.07, 6.45) is 3.91. The molecule has 1 atom stereocenters. The van der Waals surface area contributed by atoms with E-state index < -0.39 is 0 Å². The molecule has 0 saturated carbocycles. The molecule has 1 unspecified atom stereocenters. The van der Waals surface area contributed by atoms with Gasteiger partial charge in [0.2, 0.25) is 0 Å². The summed E-state index contributed by atoms with van der Waals surface area (Å²) in [6, 6.07) is 0. The van der Waals surface area contributed by atoms with E-state index in [4.69, 9.17) is 0 Å². The average Bonchev–Trinajstić information content (AvgIpc) is 2.61. The van der Waals surface area contributed by atoms with E-state index in [9.17, 15) is 0 Å². The molecule has 1 aromatic rings. The second-order valence-electron chi connectivity index (χ2n) is 6.36. The molecule has 1 heterocycles. The van der Waals surface area contributed by atoms with Crippen LogP contribution in [0.15, 0.2) is 12.5 Å². The summed E-state index contributed by atoms with van der Waals surface area (Å²) in [6.45, 7) is 15.3. The van der Waals surface area contributed by atoms with Crippen molar-refractivity contribution >= 4 is 0 Å². The summed E-state index contributed by atoms with van der Waals surface area (Å²) in [5.74, 6) is 1.39. The van der Waals surface area contributed by atoms with Crippen molar-refractivity contribution in [2.75, 3.05) is 0 Å². The van der Waals surface area contributed by atoms with E-state index in [0.717, 1.165) is 13.1 Å². The van der Waals surface area contributed by atoms with Crippen LogP contribution in [0.3, 0.4) is 0 Å². The highest BCUT2D eigenvalue weighted by atomic mass is 15.1. The summed E-state index contributed by atoms with van der Waals surface area (Å²) in [4.78, 5) is 4.26. The topological polar surface area (TPSA) is 29.9 Å². The zero-order chi connectivity index (χ0) is 13.1. The Bertz CT molecular complexity index is 333. The fourth-order valence-electron chi connectivity index (χ4n) is 1.54. The first-order chi connectivity index (χ1) is 7.79. The van der Waals surface area contributed by atoms with Crippen LogP contribution in [0.4, 0.5) is 0 Å². The molecule has 1 rings (SSSR count). The van der Waals surface area contributed by atoms with Gasteiger partial charge in [0.25, 0.3) is 0 Å². The van der Waals surface area contributed by atoms with Crippen molar-refractivity contribution in [3.8, 4) is 0 Å². The van der Waals surface area contributed by atoms with Gasteiger partial charge in [0.05, 0.1) is 12.0 Å². The zero-order valence-corrected chi connectivity index (χ0v) is 12.1. The van der Waals surface area contributed by atoms with E-state index in [1.807, 2.05) is 12.5 Å². The van der Waals surface area contributed by atoms with Gasteiger partial charge in [0.1, 0.15) is 0 Å². The van der Waals surface area contributed by atoms with Gasteiger partial charge in [0, 0.05) is 24.8 Å². The number of rotatable bonds is 5. The fraction of sp³-hybridized carbons (Fsp3) is 0.786. The van der Waals surface area contributed by atoms with E-state index in [1.54, 1.807) is 0 Å². The first-order valence-electron chi connectivity index (χ1n) is 6.53. The number of nitrogens with one attached hydrogen (secondary N) is 1. The van der Waals surface area contributed by atoms with E-state index in [2.05, 4.69) is 56.4 Å². The zero-order valence-electron chi connectivity index (χ0n) is 12.1. The van der Waals surface area contributed by atoms with Gasteiger partial charge in [-0.1, -0.05) is 20.8 Å². The summed E-state index contributed by atoms with van der Waals surface area (Å²) < 4.78 is 2.27. The van der Waals surface area contributed by atoms with Crippen LogP contribution in [0.2, 0.25) is 0 Å². The van der Waals surface area contributed by atoms with Crippen LogP contribution in [0.5, 0.6) is 0 Å². The minimum absolute atomic E-state index is 0.152. The molecule has 1 N–H and O–H groups in total. The summed E-state index contributed by atoms with van der Waals surface area (Å²) >= 11 is 0. The summed E-state index contributed by atoms with van der Waals surface area (Å²) in [7, 11) is 0. The molecule has 0 aliphatic carbocycles. The van der Waals surface area contributed by atoms with Gasteiger partial charge in [-0.25, -0.2) is 4.98 Å². The molecule has 3 heteroatoms. The van der Waals surface area contributed by atoms with Crippen LogP contribution in [-0.2, 0) is 13.1 Å². The lowest BCUT2D eigenvalue weighted by atomic mass is 9.98. The number of imidazole rings is 1. The third kappa shape index (κ3) is 4.90. The Hall–Kier alpha value is -0.830. The quantitative estimate of drug-likeness (QED) is 0.853. The van der Waals surface area contributed by atoms with Gasteiger partial charge in [-0.15, -0.1) is 0 Å². The molecule has 98 valence electrons. The van der Waals surface area contributed by atoms with Crippen molar-refractivity contribution in [1.82, 2.24) is 14.9 Å². The average molecular weight is 237 g/mol. The Morgan fingerprint density at radius 1 is 1.29 bits per heavy atom. The summed E-state index contributed by atoms with van der Waals surface area (Å²) in [5, 5.41) is 3.51. The van der Waals surface area contributed by atoms with Crippen LogP contribution in [0, 0.1) is 11.8 Å². The third-order valence-electron chi connectivity index (χ3n) is 3.22. The Morgan fingerprint density at radius 2 is 1.94 bits per heavy atom. The number of hydrogen-bond acceptors (Lipinski definition) is 2. The van der Waals surface area contributed by atoms with E-state index in [1.165, 1.54) is 5.69 Å². The lowest BCUT2D eigenvalue weighted by molar-refractivity contribution is 0.353. The van der Waals surface area contributed by atoms with Gasteiger partial charge in [-0.05, 0) is 32.6 Å². The Kier molecular flexibility index (Phi) is 4.75. The predicted octanol–water partition coefficient (Wildman–Crippen LogP) is 3.06. The molecule has 0 amide bonds. The molecule has 0 spiro atoms. The second kappa shape index (κ2) is 5.67. The summed E-state index contributed by atoms with van der Waals surface area (Å²) in [5.41, 5.74) is 1.42. The minimum Gasteiger partial charge on any atom is -0.333 e. The molecule has 17 heavy (non-hydrogen) atoms. The van der Waals surface area contributed by atoms with Crippen molar-refractivity contribution in [2.24, 2.45) is 11.8 Å². The molecule has 0 fully saturated rings. The fourth-order valence-corrected chi connectivity index (χ4v) is 1.54. The highest BCUT2D eigenvalue weighted by molar-refractivity contribution is 4.99. The highest BCUT2D eigenvalue weighted by Crippen LogP contribution is 2.14. The van der Waals surface area contributed by atoms with E-state index in [-0.39, 0.29) is 5.54 Å². The van der Waals surface area contributed by atoms with Gasteiger partial charge in [-0.3, -0.25) is 0 Å². The molecule has 3 nitrogen and oxygen atoms in total. The van der Waals surface area contributed by atoms with Crippen LogP contribution >= 0.6 is 0 Å². The van der Waals surface area contributed by atoms with Crippen LogP contribution < -0.4 is 5.32 Å². The van der Waals surface area contributed by atoms with E-state index >= 15 is 0 Å². The molecule has 0 aliphatic rings. The predicted molar refractivity (Wildman–Crippen MR) is 72.8 cm³/mol. The molecule has 0 aromatic carbocycles. The number of hydrogen-bond donors (Lipinski definition) is 1. The first-order valence-corrected chi connectivity index (χ1v) is 6.53. The normalized spacial score (nSPS) is 14.3. The molecule has 0 saturated heterocycles. The maximum absolute atomic E-state index is 4.26. The molecular formula is C14H27N3. The Labute approximate surface area is 106 Å². The van der Waals surface area contributed by atoms with Crippen molar-refractivity contribution in [3.05, 3.63) is 18.2 Å². The Balaban J connectivity index is 2.60. The van der Waals surface area contributed by atoms with Gasteiger partial charge in [0.15, 0.2) is 0 Å². The van der Waals surface area contributed by atoms with Crippen LogP contribution in [0.25, 0.3) is 0 Å². The maximum atomic E-state index is 4.26. The molecular weight excluding hydrogens is 210 g/mol. The van der Waals surface area contributed by atoms with Gasteiger partial charge < -0.3 is 9.88 Å². The maximum Gasteiger partial charge on any atom is 0.0948 e. The lowest BCUT2D eigenvalue weighted by Crippen LogP contribution is -2.35. The third-order valence-corrected chi connectivity index (χ3v) is 3.22. The monoisotopic (exact) mass is 237 g/mol. The van der Waals surface area contributed by atoms with Crippen LogP contribution in [-0.4, -0.2) is 15.1 Å². The SMILES string of the molecule is CC(C)C(C)Cn1cncc1CNC(C)(C)C. The van der Waals surface area contributed by atoms with Gasteiger partial charge >= 0.3 is 0 Å². The molecule has 0 bridgehead atoms. The first kappa shape index (κ1) is 14.2. The van der Waals surface area contributed by atoms with Crippen molar-refractivity contribution < 1.29 is 0 Å². The van der Waals surface area contributed by atoms with Crippen LogP contribution in [0.1, 0.15) is 47.2 Å². The smallest absolute Gasteiger partial charge is 0.0948 e. The molecule has 0 radical (unpaired) electrons. The number of aromatic nitrogens is 2. The standard InChI is InChI=1S/C14H27N3/c1-11(2)12(3)9-17-10-15-7-13(17)8-16-14(4,5)6/h7,10-12,16H,8-9H2,1-6H3. The van der Waals surface area contributed by atoms with Gasteiger partial charge in [-0.2, -0.15) is 0 Å². The van der Waals surface area contributed by atoms with Crippen molar-refractivity contribution in [2.45, 2.75) is 60.2 Å². The number of nitrogens with zero attached hydrogens (tertiary/aromatic N) is 2. The highest BCUT2D eigenvalue weighted by Gasteiger charge is 2.13. The molecule has 1 aromatic heterocycles.